The lowest BCUT2D eigenvalue weighted by Gasteiger charge is -2.13. The molecule has 0 saturated carbocycles. The summed E-state index contributed by atoms with van der Waals surface area (Å²) in [7, 11) is 0. The van der Waals surface area contributed by atoms with E-state index in [2.05, 4.69) is 22.9 Å². The molecule has 0 spiro atoms. The molecule has 0 fully saturated rings. The first-order valence-electron chi connectivity index (χ1n) is 4.91. The Kier molecular flexibility index (Phi) is 5.36. The summed E-state index contributed by atoms with van der Waals surface area (Å²) in [5, 5.41) is 10.9. The molecule has 98 valence electrons. The van der Waals surface area contributed by atoms with E-state index in [0.29, 0.717) is 0 Å². The van der Waals surface area contributed by atoms with E-state index < -0.39 is 23.7 Å². The van der Waals surface area contributed by atoms with Crippen LogP contribution in [0.5, 0.6) is 0 Å². The topological polar surface area (TPSA) is 79.3 Å². The number of carbonyl (C=O) groups excluding carboxylic acids is 1. The van der Waals surface area contributed by atoms with Gasteiger partial charge in [0.2, 0.25) is 0 Å². The summed E-state index contributed by atoms with van der Waals surface area (Å²) >= 11 is 9.52. The van der Waals surface area contributed by atoms with Crippen molar-refractivity contribution in [1.29, 1.82) is 0 Å². The Morgan fingerprint density at radius 2 is 2.28 bits per heavy atom. The number of nitrogens with zero attached hydrogens (tertiary/aromatic N) is 1. The van der Waals surface area contributed by atoms with Crippen LogP contribution in [-0.2, 0) is 4.79 Å². The highest BCUT2D eigenvalue weighted by Crippen LogP contribution is 2.14. The van der Waals surface area contributed by atoms with Crippen molar-refractivity contribution in [3.63, 3.8) is 0 Å². The van der Waals surface area contributed by atoms with E-state index in [-0.39, 0.29) is 22.9 Å². The first-order valence-corrected chi connectivity index (χ1v) is 5.92. The van der Waals surface area contributed by atoms with Crippen LogP contribution in [0.1, 0.15) is 16.8 Å². The van der Waals surface area contributed by atoms with Crippen LogP contribution in [0.15, 0.2) is 12.3 Å². The molecule has 1 aromatic heterocycles. The Labute approximate surface area is 113 Å². The van der Waals surface area contributed by atoms with Gasteiger partial charge in [0, 0.05) is 0 Å². The van der Waals surface area contributed by atoms with E-state index in [9.17, 15) is 14.0 Å². The monoisotopic (exact) mass is 292 g/mol. The van der Waals surface area contributed by atoms with Crippen LogP contribution in [0.25, 0.3) is 0 Å². The molecular formula is C10H10ClFN2O3S. The quantitative estimate of drug-likeness (QED) is 0.566. The number of rotatable bonds is 5. The molecule has 1 heterocycles. The Balaban J connectivity index is 2.86. The highest BCUT2D eigenvalue weighted by molar-refractivity contribution is 7.80. The average molecular weight is 293 g/mol. The standard InChI is InChI=1S/C10H10ClFN2O3S/c11-8-6(3-5(12)4-13-8)9(15)14-7(1-2-18)10(16)17/h3-4,7,18H,1-2H2,(H,14,15)(H,16,17). The summed E-state index contributed by atoms with van der Waals surface area (Å²) in [6.45, 7) is 0. The minimum atomic E-state index is -1.20. The fraction of sp³-hybridized carbons (Fsp3) is 0.300. The van der Waals surface area contributed by atoms with Gasteiger partial charge < -0.3 is 10.4 Å². The van der Waals surface area contributed by atoms with Gasteiger partial charge in [0.15, 0.2) is 0 Å². The van der Waals surface area contributed by atoms with Crippen molar-refractivity contribution in [2.45, 2.75) is 12.5 Å². The average Bonchev–Trinajstić information content (AvgIpc) is 2.31. The highest BCUT2D eigenvalue weighted by atomic mass is 35.5. The molecular weight excluding hydrogens is 283 g/mol. The molecule has 1 unspecified atom stereocenters. The van der Waals surface area contributed by atoms with Crippen LogP contribution < -0.4 is 5.32 Å². The van der Waals surface area contributed by atoms with Gasteiger partial charge in [-0.05, 0) is 18.2 Å². The molecule has 5 nitrogen and oxygen atoms in total. The predicted molar refractivity (Wildman–Crippen MR) is 66.6 cm³/mol. The molecule has 0 aromatic carbocycles. The lowest BCUT2D eigenvalue weighted by atomic mass is 10.2. The maximum Gasteiger partial charge on any atom is 0.326 e. The summed E-state index contributed by atoms with van der Waals surface area (Å²) in [5.74, 6) is -2.43. The molecule has 1 aromatic rings. The van der Waals surface area contributed by atoms with Crippen molar-refractivity contribution >= 4 is 36.1 Å². The van der Waals surface area contributed by atoms with Crippen LogP contribution in [0, 0.1) is 5.82 Å². The largest absolute Gasteiger partial charge is 0.480 e. The Morgan fingerprint density at radius 3 is 2.83 bits per heavy atom. The number of thiol groups is 1. The number of amides is 1. The number of carboxylic acid groups (broad SMARTS) is 1. The van der Waals surface area contributed by atoms with Crippen molar-refractivity contribution in [1.82, 2.24) is 10.3 Å². The second-order valence-electron chi connectivity index (χ2n) is 3.37. The van der Waals surface area contributed by atoms with Crippen molar-refractivity contribution in [2.24, 2.45) is 0 Å². The van der Waals surface area contributed by atoms with Crippen molar-refractivity contribution < 1.29 is 19.1 Å². The van der Waals surface area contributed by atoms with Gasteiger partial charge in [0.25, 0.3) is 5.91 Å². The van der Waals surface area contributed by atoms with E-state index in [1.54, 1.807) is 0 Å². The van der Waals surface area contributed by atoms with Crippen LogP contribution in [-0.4, -0.2) is 33.8 Å². The van der Waals surface area contributed by atoms with E-state index in [1.165, 1.54) is 0 Å². The maximum atomic E-state index is 12.9. The second kappa shape index (κ2) is 6.55. The maximum absolute atomic E-state index is 12.9. The Bertz CT molecular complexity index is 472. The van der Waals surface area contributed by atoms with Gasteiger partial charge in [-0.25, -0.2) is 14.2 Å². The van der Waals surface area contributed by atoms with E-state index in [1.807, 2.05) is 0 Å². The van der Waals surface area contributed by atoms with E-state index in [0.717, 1.165) is 12.3 Å². The SMILES string of the molecule is O=C(NC(CCS)C(=O)O)c1cc(F)cnc1Cl. The summed E-state index contributed by atoms with van der Waals surface area (Å²) < 4.78 is 12.9. The fourth-order valence-electron chi connectivity index (χ4n) is 1.20. The summed E-state index contributed by atoms with van der Waals surface area (Å²) in [6.07, 6.45) is 1.01. The summed E-state index contributed by atoms with van der Waals surface area (Å²) in [5.41, 5.74) is -0.206. The van der Waals surface area contributed by atoms with Crippen molar-refractivity contribution in [3.8, 4) is 0 Å². The first-order chi connectivity index (χ1) is 8.45. The van der Waals surface area contributed by atoms with Crippen LogP contribution >= 0.6 is 24.2 Å². The van der Waals surface area contributed by atoms with Crippen molar-refractivity contribution in [3.05, 3.63) is 28.8 Å². The van der Waals surface area contributed by atoms with Gasteiger partial charge in [-0.1, -0.05) is 11.6 Å². The zero-order valence-electron chi connectivity index (χ0n) is 9.06. The van der Waals surface area contributed by atoms with Gasteiger partial charge in [0.1, 0.15) is 17.0 Å². The molecule has 18 heavy (non-hydrogen) atoms. The third kappa shape index (κ3) is 3.85. The van der Waals surface area contributed by atoms with Gasteiger partial charge in [-0.2, -0.15) is 12.6 Å². The fourth-order valence-corrected chi connectivity index (χ4v) is 1.65. The Hall–Kier alpha value is -1.34. The van der Waals surface area contributed by atoms with Crippen LogP contribution in [0.2, 0.25) is 5.15 Å². The molecule has 0 aliphatic rings. The molecule has 1 atom stereocenters. The number of hydrogen-bond donors (Lipinski definition) is 3. The molecule has 2 N–H and O–H groups in total. The first kappa shape index (κ1) is 14.7. The molecule has 8 heteroatoms. The highest BCUT2D eigenvalue weighted by Gasteiger charge is 2.21. The third-order valence-corrected chi connectivity index (χ3v) is 2.63. The number of hydrogen-bond acceptors (Lipinski definition) is 4. The zero-order chi connectivity index (χ0) is 13.7. The molecule has 0 radical (unpaired) electrons. The third-order valence-electron chi connectivity index (χ3n) is 2.07. The van der Waals surface area contributed by atoms with Crippen LogP contribution in [0.4, 0.5) is 4.39 Å². The smallest absolute Gasteiger partial charge is 0.326 e. The van der Waals surface area contributed by atoms with Gasteiger partial charge >= 0.3 is 5.97 Å². The minimum Gasteiger partial charge on any atom is -0.480 e. The lowest BCUT2D eigenvalue weighted by molar-refractivity contribution is -0.139. The molecule has 0 aliphatic carbocycles. The zero-order valence-corrected chi connectivity index (χ0v) is 10.7. The molecule has 1 rings (SSSR count). The number of halogens is 2. The van der Waals surface area contributed by atoms with Crippen LogP contribution in [0.3, 0.4) is 0 Å². The number of carboxylic acids is 1. The number of aliphatic carboxylic acids is 1. The minimum absolute atomic E-state index is 0.143. The summed E-state index contributed by atoms with van der Waals surface area (Å²) in [6, 6.07) is -0.209. The molecule has 0 saturated heterocycles. The number of nitrogens with one attached hydrogen (secondary N) is 1. The van der Waals surface area contributed by atoms with Gasteiger partial charge in [-0.3, -0.25) is 4.79 Å². The number of pyridine rings is 1. The van der Waals surface area contributed by atoms with Crippen molar-refractivity contribution in [2.75, 3.05) is 5.75 Å². The van der Waals surface area contributed by atoms with E-state index >= 15 is 0 Å². The molecule has 0 bridgehead atoms. The van der Waals surface area contributed by atoms with Gasteiger partial charge in [0.05, 0.1) is 11.8 Å². The molecule has 1 amide bonds. The number of aromatic nitrogens is 1. The molecule has 0 aliphatic heterocycles. The van der Waals surface area contributed by atoms with E-state index in [4.69, 9.17) is 16.7 Å². The second-order valence-corrected chi connectivity index (χ2v) is 4.17. The predicted octanol–water partition coefficient (Wildman–Crippen LogP) is 1.38. The number of carbonyl (C=O) groups is 2. The Morgan fingerprint density at radius 1 is 1.61 bits per heavy atom. The summed E-state index contributed by atoms with van der Waals surface area (Å²) in [4.78, 5) is 26.0. The lowest BCUT2D eigenvalue weighted by Crippen LogP contribution is -2.41. The normalized spacial score (nSPS) is 11.9. The van der Waals surface area contributed by atoms with Gasteiger partial charge in [-0.15, -0.1) is 0 Å².